The highest BCUT2D eigenvalue weighted by Gasteiger charge is 2.38. The molecule has 130 valence electrons. The van der Waals surface area contributed by atoms with Gasteiger partial charge in [-0.15, -0.1) is 0 Å². The van der Waals surface area contributed by atoms with Crippen LogP contribution in [0.4, 0.5) is 0 Å². The molecule has 2 amide bonds. The van der Waals surface area contributed by atoms with Crippen LogP contribution in [-0.4, -0.2) is 51.8 Å². The molecule has 1 fully saturated rings. The zero-order valence-corrected chi connectivity index (χ0v) is 14.2. The van der Waals surface area contributed by atoms with E-state index in [4.69, 9.17) is 5.11 Å². The molecule has 0 radical (unpaired) electrons. The van der Waals surface area contributed by atoms with E-state index in [0.29, 0.717) is 32.4 Å². The highest BCUT2D eigenvalue weighted by Crippen LogP contribution is 2.23. The number of carbonyl (C=O) groups is 3. The first kappa shape index (κ1) is 18.0. The highest BCUT2D eigenvalue weighted by molar-refractivity contribution is 5.92. The Hall–Kier alpha value is -2.37. The van der Waals surface area contributed by atoms with Crippen LogP contribution in [0.3, 0.4) is 0 Å². The summed E-state index contributed by atoms with van der Waals surface area (Å²) in [6, 6.07) is 7.28. The number of carbonyl (C=O) groups excluding carboxylic acids is 2. The number of amides is 2. The Morgan fingerprint density at radius 3 is 2.54 bits per heavy atom. The third-order valence-corrected chi connectivity index (χ3v) is 4.22. The largest absolute Gasteiger partial charge is 0.480 e. The van der Waals surface area contributed by atoms with Crippen molar-refractivity contribution in [2.75, 3.05) is 13.1 Å². The lowest BCUT2D eigenvalue weighted by molar-refractivity contribution is -0.148. The minimum absolute atomic E-state index is 0.0549. The Kier molecular flexibility index (Phi) is 5.95. The number of likely N-dealkylation sites (tertiary alicyclic amines) is 1. The van der Waals surface area contributed by atoms with Crippen molar-refractivity contribution in [1.82, 2.24) is 9.80 Å². The van der Waals surface area contributed by atoms with Crippen molar-refractivity contribution in [3.63, 3.8) is 0 Å². The summed E-state index contributed by atoms with van der Waals surface area (Å²) >= 11 is 0. The second-order valence-corrected chi connectivity index (χ2v) is 6.22. The smallest absolute Gasteiger partial charge is 0.323 e. The first-order valence-electron chi connectivity index (χ1n) is 8.28. The van der Waals surface area contributed by atoms with Gasteiger partial charge in [0.2, 0.25) is 11.8 Å². The van der Waals surface area contributed by atoms with E-state index in [1.807, 2.05) is 38.1 Å². The number of hydrogen-bond donors (Lipinski definition) is 1. The molecule has 6 heteroatoms. The number of benzene rings is 1. The van der Waals surface area contributed by atoms with E-state index in [0.717, 1.165) is 11.1 Å². The van der Waals surface area contributed by atoms with Gasteiger partial charge in [-0.1, -0.05) is 36.8 Å². The molecule has 1 heterocycles. The Morgan fingerprint density at radius 1 is 1.29 bits per heavy atom. The maximum atomic E-state index is 12.7. The van der Waals surface area contributed by atoms with Gasteiger partial charge in [0.15, 0.2) is 0 Å². The fourth-order valence-corrected chi connectivity index (χ4v) is 2.99. The summed E-state index contributed by atoms with van der Waals surface area (Å²) in [7, 11) is 0. The minimum atomic E-state index is -1.04. The van der Waals surface area contributed by atoms with Gasteiger partial charge in [-0.05, 0) is 25.3 Å². The molecule has 1 aromatic rings. The highest BCUT2D eigenvalue weighted by atomic mass is 16.4. The van der Waals surface area contributed by atoms with Gasteiger partial charge < -0.3 is 14.9 Å². The number of carboxylic acids is 1. The normalized spacial score (nSPS) is 17.2. The van der Waals surface area contributed by atoms with E-state index >= 15 is 0 Å². The standard InChI is InChI=1S/C18H24N2O4/c1-3-10-19(12-17(22)23)18(24)15-8-9-16(21)20(15)11-14-6-4-13(2)5-7-14/h4-7,15H,3,8-12H2,1-2H3,(H,22,23). The molecular formula is C18H24N2O4. The van der Waals surface area contributed by atoms with Crippen LogP contribution >= 0.6 is 0 Å². The van der Waals surface area contributed by atoms with Gasteiger partial charge in [0.25, 0.3) is 0 Å². The number of hydrogen-bond acceptors (Lipinski definition) is 3. The van der Waals surface area contributed by atoms with E-state index < -0.39 is 12.0 Å². The maximum Gasteiger partial charge on any atom is 0.323 e. The lowest BCUT2D eigenvalue weighted by Crippen LogP contribution is -2.48. The quantitative estimate of drug-likeness (QED) is 0.826. The molecule has 0 bridgehead atoms. The van der Waals surface area contributed by atoms with E-state index in [9.17, 15) is 14.4 Å². The van der Waals surface area contributed by atoms with E-state index in [2.05, 4.69) is 0 Å². The summed E-state index contributed by atoms with van der Waals surface area (Å²) in [6.45, 7) is 4.32. The molecule has 1 unspecified atom stereocenters. The Bertz CT molecular complexity index is 612. The van der Waals surface area contributed by atoms with Crippen molar-refractivity contribution in [3.8, 4) is 0 Å². The second-order valence-electron chi connectivity index (χ2n) is 6.22. The number of carboxylic acid groups (broad SMARTS) is 1. The van der Waals surface area contributed by atoms with Crippen LogP contribution in [0.5, 0.6) is 0 Å². The number of nitrogens with zero attached hydrogens (tertiary/aromatic N) is 2. The second kappa shape index (κ2) is 7.95. The monoisotopic (exact) mass is 332 g/mol. The lowest BCUT2D eigenvalue weighted by atomic mass is 10.1. The average molecular weight is 332 g/mol. The van der Waals surface area contributed by atoms with E-state index in [1.54, 1.807) is 4.90 Å². The first-order chi connectivity index (χ1) is 11.4. The predicted octanol–water partition coefficient (Wildman–Crippen LogP) is 1.81. The molecule has 6 nitrogen and oxygen atoms in total. The number of aryl methyl sites for hydroxylation is 1. The predicted molar refractivity (Wildman–Crippen MR) is 89.3 cm³/mol. The van der Waals surface area contributed by atoms with Gasteiger partial charge in [0, 0.05) is 19.5 Å². The molecule has 0 spiro atoms. The Balaban J connectivity index is 2.14. The van der Waals surface area contributed by atoms with E-state index in [1.165, 1.54) is 4.90 Å². The van der Waals surface area contributed by atoms with Gasteiger partial charge in [0.1, 0.15) is 12.6 Å². The molecule has 1 aliphatic rings. The van der Waals surface area contributed by atoms with Crippen molar-refractivity contribution < 1.29 is 19.5 Å². The maximum absolute atomic E-state index is 12.7. The van der Waals surface area contributed by atoms with Crippen LogP contribution < -0.4 is 0 Å². The lowest BCUT2D eigenvalue weighted by Gasteiger charge is -2.29. The van der Waals surface area contributed by atoms with Crippen molar-refractivity contribution in [3.05, 3.63) is 35.4 Å². The van der Waals surface area contributed by atoms with Crippen LogP contribution in [0.2, 0.25) is 0 Å². The SMILES string of the molecule is CCCN(CC(=O)O)C(=O)C1CCC(=O)N1Cc1ccc(C)cc1. The molecule has 1 saturated heterocycles. The number of rotatable bonds is 7. The van der Waals surface area contributed by atoms with Gasteiger partial charge in [0.05, 0.1) is 0 Å². The summed E-state index contributed by atoms with van der Waals surface area (Å²) in [5.74, 6) is -1.36. The van der Waals surface area contributed by atoms with Crippen LogP contribution in [0, 0.1) is 6.92 Å². The fraction of sp³-hybridized carbons (Fsp3) is 0.500. The summed E-state index contributed by atoms with van der Waals surface area (Å²) in [5, 5.41) is 9.01. The summed E-state index contributed by atoms with van der Waals surface area (Å²) in [6.07, 6.45) is 1.45. The average Bonchev–Trinajstić information content (AvgIpc) is 2.89. The third-order valence-electron chi connectivity index (χ3n) is 4.22. The molecule has 24 heavy (non-hydrogen) atoms. The van der Waals surface area contributed by atoms with Crippen molar-refractivity contribution in [2.24, 2.45) is 0 Å². The zero-order chi connectivity index (χ0) is 17.7. The van der Waals surface area contributed by atoms with Gasteiger partial charge in [-0.25, -0.2) is 0 Å². The Morgan fingerprint density at radius 2 is 1.96 bits per heavy atom. The summed E-state index contributed by atoms with van der Waals surface area (Å²) in [5.41, 5.74) is 2.10. The first-order valence-corrected chi connectivity index (χ1v) is 8.28. The van der Waals surface area contributed by atoms with Crippen molar-refractivity contribution >= 4 is 17.8 Å². The molecule has 1 N–H and O–H groups in total. The van der Waals surface area contributed by atoms with Crippen LogP contribution in [-0.2, 0) is 20.9 Å². The minimum Gasteiger partial charge on any atom is -0.480 e. The van der Waals surface area contributed by atoms with Crippen LogP contribution in [0.1, 0.15) is 37.3 Å². The van der Waals surface area contributed by atoms with Crippen LogP contribution in [0.15, 0.2) is 24.3 Å². The summed E-state index contributed by atoms with van der Waals surface area (Å²) in [4.78, 5) is 38.9. The van der Waals surface area contributed by atoms with Crippen molar-refractivity contribution in [1.29, 1.82) is 0 Å². The Labute approximate surface area is 142 Å². The molecular weight excluding hydrogens is 308 g/mol. The van der Waals surface area contributed by atoms with Crippen molar-refractivity contribution in [2.45, 2.75) is 45.7 Å². The molecule has 1 aliphatic heterocycles. The fourth-order valence-electron chi connectivity index (χ4n) is 2.99. The van der Waals surface area contributed by atoms with Gasteiger partial charge in [-0.3, -0.25) is 14.4 Å². The molecule has 1 aromatic carbocycles. The molecule has 1 atom stereocenters. The third kappa shape index (κ3) is 4.34. The van der Waals surface area contributed by atoms with Crippen LogP contribution in [0.25, 0.3) is 0 Å². The molecule has 0 aromatic heterocycles. The molecule has 0 aliphatic carbocycles. The topological polar surface area (TPSA) is 77.9 Å². The number of aliphatic carboxylic acids is 1. The van der Waals surface area contributed by atoms with Gasteiger partial charge in [-0.2, -0.15) is 0 Å². The van der Waals surface area contributed by atoms with E-state index in [-0.39, 0.29) is 18.4 Å². The molecule has 2 rings (SSSR count). The summed E-state index contributed by atoms with van der Waals surface area (Å²) < 4.78 is 0. The molecule has 0 saturated carbocycles. The zero-order valence-electron chi connectivity index (χ0n) is 14.2. The van der Waals surface area contributed by atoms with Gasteiger partial charge >= 0.3 is 5.97 Å².